The number of nitrogens with two attached hydrogens (primary N) is 1. The molecule has 0 saturated carbocycles. The lowest BCUT2D eigenvalue weighted by Crippen LogP contribution is -2.08. The molecule has 1 aromatic rings. The molecular weight excluding hydrogens is 229 g/mol. The number of aromatic nitrogens is 1. The largest absolute Gasteiger partial charge is 0.434 e. The predicted octanol–water partition coefficient (Wildman–Crippen LogP) is 1.39. The van der Waals surface area contributed by atoms with E-state index in [2.05, 4.69) is 16.8 Å². The minimum Gasteiger partial charge on any atom is -0.369 e. The fraction of sp³-hybridized carbons (Fsp3) is 0.250. The van der Waals surface area contributed by atoms with Gasteiger partial charge in [0.05, 0.1) is 6.42 Å². The minimum absolute atomic E-state index is 0.0172. The van der Waals surface area contributed by atoms with E-state index in [4.69, 9.17) is 5.73 Å². The van der Waals surface area contributed by atoms with Gasteiger partial charge in [-0.1, -0.05) is 5.92 Å². The molecule has 15 heavy (non-hydrogen) atoms. The predicted molar refractivity (Wildman–Crippen MR) is 47.8 cm³/mol. The van der Waals surface area contributed by atoms with Crippen LogP contribution in [0, 0.1) is 11.8 Å². The Bertz CT molecular complexity index is 427. The highest BCUT2D eigenvalue weighted by Gasteiger charge is 2.33. The number of rotatable bonds is 1. The highest BCUT2D eigenvalue weighted by Crippen LogP contribution is 2.29. The zero-order valence-electron chi connectivity index (χ0n) is 7.26. The Morgan fingerprint density at radius 2 is 2.27 bits per heavy atom. The lowest BCUT2D eigenvalue weighted by atomic mass is 10.4. The van der Waals surface area contributed by atoms with Crippen molar-refractivity contribution in [2.45, 2.75) is 12.6 Å². The summed E-state index contributed by atoms with van der Waals surface area (Å²) in [5, 5.41) is 0.887. The monoisotopic (exact) mass is 234 g/mol. The van der Waals surface area contributed by atoms with Crippen LogP contribution in [-0.2, 0) is 11.0 Å². The fourth-order valence-electron chi connectivity index (χ4n) is 0.668. The molecule has 0 radical (unpaired) electrons. The average molecular weight is 234 g/mol. The van der Waals surface area contributed by atoms with E-state index in [0.717, 1.165) is 16.7 Å². The van der Waals surface area contributed by atoms with Crippen molar-refractivity contribution < 1.29 is 18.0 Å². The Hall–Kier alpha value is -1.55. The van der Waals surface area contributed by atoms with Crippen LogP contribution in [0.1, 0.15) is 17.1 Å². The molecule has 0 aliphatic rings. The summed E-state index contributed by atoms with van der Waals surface area (Å²) >= 11 is 0.771. The molecule has 0 aliphatic heterocycles. The molecule has 1 rings (SSSR count). The summed E-state index contributed by atoms with van der Waals surface area (Å²) in [6, 6.07) is 0. The smallest absolute Gasteiger partial charge is 0.369 e. The molecule has 0 unspecified atom stereocenters. The third-order valence-electron chi connectivity index (χ3n) is 1.25. The molecule has 0 spiro atoms. The van der Waals surface area contributed by atoms with Gasteiger partial charge in [0.15, 0.2) is 10.7 Å². The molecule has 3 nitrogen and oxygen atoms in total. The lowest BCUT2D eigenvalue weighted by molar-refractivity contribution is -0.140. The number of thiazole rings is 1. The molecular formula is C8H5F3N2OS. The van der Waals surface area contributed by atoms with Crippen molar-refractivity contribution in [3.8, 4) is 11.8 Å². The summed E-state index contributed by atoms with van der Waals surface area (Å²) in [5.74, 6) is 4.02. The van der Waals surface area contributed by atoms with E-state index in [0.29, 0.717) is 0 Å². The molecule has 80 valence electrons. The van der Waals surface area contributed by atoms with Gasteiger partial charge in [-0.2, -0.15) is 13.2 Å². The number of hydrogen-bond donors (Lipinski definition) is 1. The van der Waals surface area contributed by atoms with Crippen molar-refractivity contribution >= 4 is 17.2 Å². The average Bonchev–Trinajstić information content (AvgIpc) is 2.51. The summed E-state index contributed by atoms with van der Waals surface area (Å²) in [6.07, 6.45) is -4.65. The molecule has 7 heteroatoms. The first-order valence-corrected chi connectivity index (χ1v) is 4.57. The quantitative estimate of drug-likeness (QED) is 0.746. The van der Waals surface area contributed by atoms with Crippen LogP contribution in [0.4, 0.5) is 13.2 Å². The van der Waals surface area contributed by atoms with Crippen molar-refractivity contribution in [2.24, 2.45) is 5.73 Å². The van der Waals surface area contributed by atoms with Crippen LogP contribution in [0.15, 0.2) is 5.38 Å². The second kappa shape index (κ2) is 4.31. The van der Waals surface area contributed by atoms with E-state index in [1.165, 1.54) is 0 Å². The Labute approximate surface area is 87.1 Å². The van der Waals surface area contributed by atoms with E-state index >= 15 is 0 Å². The normalized spacial score (nSPS) is 10.6. The third-order valence-corrected chi connectivity index (χ3v) is 2.01. The summed E-state index contributed by atoms with van der Waals surface area (Å²) < 4.78 is 36.2. The maximum Gasteiger partial charge on any atom is 0.434 e. The number of primary amides is 1. The van der Waals surface area contributed by atoms with E-state index in [1.807, 2.05) is 0 Å². The molecule has 1 amide bonds. The van der Waals surface area contributed by atoms with Crippen molar-refractivity contribution in [1.82, 2.24) is 4.98 Å². The number of carbonyl (C=O) groups excluding carboxylic acids is 1. The highest BCUT2D eigenvalue weighted by atomic mass is 32.1. The van der Waals surface area contributed by atoms with Gasteiger partial charge >= 0.3 is 6.18 Å². The van der Waals surface area contributed by atoms with Gasteiger partial charge in [-0.3, -0.25) is 4.79 Å². The van der Waals surface area contributed by atoms with E-state index < -0.39 is 17.8 Å². The van der Waals surface area contributed by atoms with Gasteiger partial charge in [0.2, 0.25) is 5.91 Å². The maximum absolute atomic E-state index is 12.1. The SMILES string of the molecule is NC(=O)CC#Cc1nc(C(F)(F)F)cs1. The van der Waals surface area contributed by atoms with E-state index in [1.54, 1.807) is 0 Å². The Morgan fingerprint density at radius 3 is 2.73 bits per heavy atom. The van der Waals surface area contributed by atoms with Gasteiger partial charge in [-0.15, -0.1) is 11.3 Å². The van der Waals surface area contributed by atoms with Crippen molar-refractivity contribution in [1.29, 1.82) is 0 Å². The zero-order chi connectivity index (χ0) is 11.5. The first-order valence-electron chi connectivity index (χ1n) is 3.69. The second-order valence-corrected chi connectivity index (χ2v) is 3.34. The van der Waals surface area contributed by atoms with Gasteiger partial charge in [-0.25, -0.2) is 4.98 Å². The summed E-state index contributed by atoms with van der Waals surface area (Å²) in [4.78, 5) is 13.5. The van der Waals surface area contributed by atoms with Crippen LogP contribution in [0.25, 0.3) is 0 Å². The van der Waals surface area contributed by atoms with Crippen molar-refractivity contribution in [3.63, 3.8) is 0 Å². The number of carbonyl (C=O) groups is 1. The molecule has 2 N–H and O–H groups in total. The van der Waals surface area contributed by atoms with Crippen LogP contribution < -0.4 is 5.73 Å². The summed E-state index contributed by atoms with van der Waals surface area (Å²) in [6.45, 7) is 0. The fourth-order valence-corrected chi connectivity index (χ4v) is 1.36. The molecule has 0 bridgehead atoms. The number of alkyl halides is 3. The number of halogens is 3. The maximum atomic E-state index is 12.1. The van der Waals surface area contributed by atoms with E-state index in [9.17, 15) is 18.0 Å². The Morgan fingerprint density at radius 1 is 1.60 bits per heavy atom. The van der Waals surface area contributed by atoms with Gasteiger partial charge < -0.3 is 5.73 Å². The Balaban J connectivity index is 2.76. The second-order valence-electron chi connectivity index (χ2n) is 2.48. The first-order chi connectivity index (χ1) is 6.89. The lowest BCUT2D eigenvalue weighted by Gasteiger charge is -1.98. The molecule has 0 fully saturated rings. The number of nitrogens with zero attached hydrogens (tertiary/aromatic N) is 1. The standard InChI is InChI=1S/C8H5F3N2OS/c9-8(10,11)5-4-15-7(13-5)3-1-2-6(12)14/h4H,2H2,(H2,12,14). The topological polar surface area (TPSA) is 56.0 Å². The molecule has 0 aromatic carbocycles. The third kappa shape index (κ3) is 3.59. The Kier molecular flexibility index (Phi) is 3.31. The number of amides is 1. The van der Waals surface area contributed by atoms with Gasteiger partial charge in [-0.05, 0) is 5.92 Å². The molecule has 0 aliphatic carbocycles. The van der Waals surface area contributed by atoms with Crippen LogP contribution in [0.2, 0.25) is 0 Å². The van der Waals surface area contributed by atoms with Crippen LogP contribution in [0.3, 0.4) is 0 Å². The van der Waals surface area contributed by atoms with Gasteiger partial charge in [0.1, 0.15) is 0 Å². The summed E-state index contributed by atoms with van der Waals surface area (Å²) in [7, 11) is 0. The minimum atomic E-state index is -4.46. The van der Waals surface area contributed by atoms with Crippen LogP contribution in [0.5, 0.6) is 0 Å². The highest BCUT2D eigenvalue weighted by molar-refractivity contribution is 7.10. The van der Waals surface area contributed by atoms with Crippen LogP contribution >= 0.6 is 11.3 Å². The van der Waals surface area contributed by atoms with Gasteiger partial charge in [0.25, 0.3) is 0 Å². The number of hydrogen-bond acceptors (Lipinski definition) is 3. The first kappa shape index (κ1) is 11.5. The van der Waals surface area contributed by atoms with Crippen molar-refractivity contribution in [2.75, 3.05) is 0 Å². The zero-order valence-corrected chi connectivity index (χ0v) is 8.08. The van der Waals surface area contributed by atoms with Crippen molar-refractivity contribution in [3.05, 3.63) is 16.1 Å². The molecule has 0 saturated heterocycles. The molecule has 1 heterocycles. The molecule has 1 aromatic heterocycles. The molecule has 0 atom stereocenters. The van der Waals surface area contributed by atoms with E-state index in [-0.39, 0.29) is 11.4 Å². The van der Waals surface area contributed by atoms with Gasteiger partial charge in [0, 0.05) is 5.38 Å². The summed E-state index contributed by atoms with van der Waals surface area (Å²) in [5.41, 5.74) is 3.82. The van der Waals surface area contributed by atoms with Crippen LogP contribution in [-0.4, -0.2) is 10.9 Å².